The van der Waals surface area contributed by atoms with Crippen LogP contribution in [0.1, 0.15) is 32.4 Å². The highest BCUT2D eigenvalue weighted by Crippen LogP contribution is 2.34. The predicted octanol–water partition coefficient (Wildman–Crippen LogP) is 6.14. The van der Waals surface area contributed by atoms with Gasteiger partial charge in [-0.25, -0.2) is 0 Å². The second-order valence-corrected chi connectivity index (χ2v) is 9.19. The van der Waals surface area contributed by atoms with Gasteiger partial charge in [-0.3, -0.25) is 10.2 Å². The van der Waals surface area contributed by atoms with Crippen molar-refractivity contribution in [3.8, 4) is 0 Å². The van der Waals surface area contributed by atoms with Crippen LogP contribution in [0, 0.1) is 11.3 Å². The molecule has 6 nitrogen and oxygen atoms in total. The van der Waals surface area contributed by atoms with E-state index in [9.17, 15) is 4.79 Å². The van der Waals surface area contributed by atoms with Crippen LogP contribution in [-0.2, 0) is 4.79 Å². The molecule has 0 saturated heterocycles. The van der Waals surface area contributed by atoms with Gasteiger partial charge in [0.1, 0.15) is 10.8 Å². The number of aliphatic imine (C=N–C) groups is 1. The number of nitrogens with zero attached hydrogens (tertiary/aromatic N) is 3. The quantitative estimate of drug-likeness (QED) is 0.525. The maximum absolute atomic E-state index is 12.6. The number of halogens is 1. The summed E-state index contributed by atoms with van der Waals surface area (Å²) in [4.78, 5) is 17.7. The Morgan fingerprint density at radius 3 is 2.67 bits per heavy atom. The summed E-state index contributed by atoms with van der Waals surface area (Å²) in [6.07, 6.45) is 3.45. The largest absolute Gasteiger partial charge is 0.450 e. The second-order valence-electron chi connectivity index (χ2n) is 6.68. The lowest BCUT2D eigenvalue weighted by Crippen LogP contribution is -2.35. The highest BCUT2D eigenvalue weighted by Gasteiger charge is 2.37. The van der Waals surface area contributed by atoms with Crippen LogP contribution < -0.4 is 0 Å². The van der Waals surface area contributed by atoms with Gasteiger partial charge in [0, 0.05) is 15.8 Å². The minimum atomic E-state index is -0.456. The number of benzene rings is 1. The maximum Gasteiger partial charge on any atom is 0.283 e. The summed E-state index contributed by atoms with van der Waals surface area (Å²) < 4.78 is 5.82. The summed E-state index contributed by atoms with van der Waals surface area (Å²) in [6.45, 7) is 4.21. The van der Waals surface area contributed by atoms with E-state index >= 15 is 0 Å². The molecule has 154 valence electrons. The zero-order valence-electron chi connectivity index (χ0n) is 16.4. The van der Waals surface area contributed by atoms with E-state index in [1.54, 1.807) is 12.1 Å². The van der Waals surface area contributed by atoms with Crippen molar-refractivity contribution in [3.05, 3.63) is 52.8 Å². The van der Waals surface area contributed by atoms with Gasteiger partial charge in [0.25, 0.3) is 5.91 Å². The standard InChI is InChI=1S/C21H19ClN4O2S2/c1-3-12(4-2)20-25-26-18(23)16(19(27)24-21(26)30-20)11-14-7-10-17(28-14)29-15-8-5-13(22)6-9-15/h5-12,23H,3-4H2,1-2H3/b16-11+,23-18?. The third-order valence-corrected chi connectivity index (χ3v) is 6.98. The number of rotatable bonds is 6. The molecule has 0 saturated carbocycles. The SMILES string of the molecule is CCC(CC)C1=NN2C(=N)/C(=C\c3ccc(Sc4ccc(Cl)cc4)o3)C(=O)N=C2S1. The Kier molecular flexibility index (Phi) is 6.17. The molecule has 0 aliphatic carbocycles. The van der Waals surface area contributed by atoms with Crippen molar-refractivity contribution in [1.29, 1.82) is 5.41 Å². The van der Waals surface area contributed by atoms with E-state index in [-0.39, 0.29) is 11.4 Å². The van der Waals surface area contributed by atoms with Crippen molar-refractivity contribution in [2.45, 2.75) is 36.7 Å². The molecule has 1 amide bonds. The summed E-state index contributed by atoms with van der Waals surface area (Å²) in [5, 5.41) is 17.2. The molecule has 0 unspecified atom stereocenters. The molecule has 0 atom stereocenters. The lowest BCUT2D eigenvalue weighted by atomic mass is 10.1. The van der Waals surface area contributed by atoms with Gasteiger partial charge in [0.05, 0.1) is 5.57 Å². The first kappa shape index (κ1) is 21.0. The van der Waals surface area contributed by atoms with Gasteiger partial charge in [0.2, 0.25) is 5.17 Å². The summed E-state index contributed by atoms with van der Waals surface area (Å²) in [6, 6.07) is 11.0. The Morgan fingerprint density at radius 1 is 1.23 bits per heavy atom. The lowest BCUT2D eigenvalue weighted by Gasteiger charge is -2.19. The van der Waals surface area contributed by atoms with Crippen molar-refractivity contribution < 1.29 is 9.21 Å². The predicted molar refractivity (Wildman–Crippen MR) is 123 cm³/mol. The summed E-state index contributed by atoms with van der Waals surface area (Å²) in [7, 11) is 0. The van der Waals surface area contributed by atoms with Crippen LogP contribution >= 0.6 is 35.1 Å². The van der Waals surface area contributed by atoms with Crippen LogP contribution in [0.2, 0.25) is 5.02 Å². The van der Waals surface area contributed by atoms with Gasteiger partial charge in [-0.1, -0.05) is 37.2 Å². The number of amidine groups is 2. The average Bonchev–Trinajstić information content (AvgIpc) is 3.35. The van der Waals surface area contributed by atoms with E-state index in [0.717, 1.165) is 22.8 Å². The molecule has 0 spiro atoms. The number of thioether (sulfide) groups is 1. The molecule has 9 heteroatoms. The fourth-order valence-corrected chi connectivity index (χ4v) is 5.10. The van der Waals surface area contributed by atoms with Gasteiger partial charge in [-0.05, 0) is 67.1 Å². The zero-order chi connectivity index (χ0) is 21.3. The van der Waals surface area contributed by atoms with Crippen LogP contribution in [0.4, 0.5) is 0 Å². The van der Waals surface area contributed by atoms with Crippen molar-refractivity contribution >= 4 is 63.2 Å². The number of hydrogen-bond acceptors (Lipinski definition) is 6. The summed E-state index contributed by atoms with van der Waals surface area (Å²) in [5.41, 5.74) is 0.159. The topological polar surface area (TPSA) is 82.0 Å². The number of nitrogens with one attached hydrogen (secondary N) is 1. The van der Waals surface area contributed by atoms with Crippen LogP contribution in [0.15, 0.2) is 66.5 Å². The third kappa shape index (κ3) is 4.26. The normalized spacial score (nSPS) is 17.6. The smallest absolute Gasteiger partial charge is 0.283 e. The van der Waals surface area contributed by atoms with E-state index in [4.69, 9.17) is 21.4 Å². The lowest BCUT2D eigenvalue weighted by molar-refractivity contribution is -0.114. The molecule has 2 aliphatic heterocycles. The van der Waals surface area contributed by atoms with E-state index in [1.807, 2.05) is 30.3 Å². The number of fused-ring (bicyclic) bond motifs is 1. The monoisotopic (exact) mass is 458 g/mol. The summed E-state index contributed by atoms with van der Waals surface area (Å²) in [5.74, 6) is 0.343. The number of hydrazone groups is 1. The van der Waals surface area contributed by atoms with Crippen molar-refractivity contribution in [2.75, 3.05) is 0 Å². The molecule has 1 aromatic heterocycles. The van der Waals surface area contributed by atoms with Crippen LogP contribution in [0.25, 0.3) is 6.08 Å². The van der Waals surface area contributed by atoms with Gasteiger partial charge >= 0.3 is 0 Å². The Balaban J connectivity index is 1.55. The molecule has 4 rings (SSSR count). The molecular formula is C21H19ClN4O2S2. The molecule has 0 radical (unpaired) electrons. The fraction of sp³-hybridized carbons (Fsp3) is 0.238. The number of furan rings is 1. The van der Waals surface area contributed by atoms with E-state index in [2.05, 4.69) is 23.9 Å². The Bertz CT molecular complexity index is 1080. The van der Waals surface area contributed by atoms with Crippen molar-refractivity contribution in [2.24, 2.45) is 16.0 Å². The Morgan fingerprint density at radius 2 is 1.97 bits per heavy atom. The maximum atomic E-state index is 12.6. The first-order chi connectivity index (χ1) is 14.5. The highest BCUT2D eigenvalue weighted by atomic mass is 35.5. The van der Waals surface area contributed by atoms with E-state index in [1.165, 1.54) is 28.5 Å². The van der Waals surface area contributed by atoms with Crippen LogP contribution in [0.3, 0.4) is 0 Å². The number of amides is 1. The van der Waals surface area contributed by atoms with Gasteiger partial charge in [-0.15, -0.1) is 0 Å². The van der Waals surface area contributed by atoms with Gasteiger partial charge in [0.15, 0.2) is 10.9 Å². The Hall–Kier alpha value is -2.29. The van der Waals surface area contributed by atoms with E-state index in [0.29, 0.717) is 27.0 Å². The minimum absolute atomic E-state index is 0.0155. The van der Waals surface area contributed by atoms with Gasteiger partial charge in [-0.2, -0.15) is 15.1 Å². The number of carbonyl (C=O) groups is 1. The molecule has 30 heavy (non-hydrogen) atoms. The Labute approximate surface area is 188 Å². The van der Waals surface area contributed by atoms with Gasteiger partial charge < -0.3 is 4.42 Å². The van der Waals surface area contributed by atoms with E-state index < -0.39 is 5.91 Å². The molecule has 1 aromatic carbocycles. The molecule has 3 heterocycles. The third-order valence-electron chi connectivity index (χ3n) is 4.73. The molecule has 2 aliphatic rings. The number of hydrogen-bond donors (Lipinski definition) is 1. The van der Waals surface area contributed by atoms with Crippen molar-refractivity contribution in [3.63, 3.8) is 0 Å². The molecular weight excluding hydrogens is 440 g/mol. The van der Waals surface area contributed by atoms with Crippen LogP contribution in [-0.4, -0.2) is 27.0 Å². The molecule has 2 aromatic rings. The molecule has 0 fully saturated rings. The first-order valence-electron chi connectivity index (χ1n) is 9.51. The highest BCUT2D eigenvalue weighted by molar-refractivity contribution is 8.27. The zero-order valence-corrected chi connectivity index (χ0v) is 18.8. The summed E-state index contributed by atoms with van der Waals surface area (Å²) >= 11 is 8.74. The number of carbonyl (C=O) groups excluding carboxylic acids is 1. The molecule has 0 bridgehead atoms. The fourth-order valence-electron chi connectivity index (χ4n) is 3.04. The second kappa shape index (κ2) is 8.83. The first-order valence-corrected chi connectivity index (χ1v) is 11.5. The average molecular weight is 459 g/mol. The molecule has 1 N–H and O–H groups in total. The minimum Gasteiger partial charge on any atom is -0.450 e. The van der Waals surface area contributed by atoms with Crippen molar-refractivity contribution in [1.82, 2.24) is 5.01 Å². The van der Waals surface area contributed by atoms with Crippen LogP contribution in [0.5, 0.6) is 0 Å².